The number of ether oxygens (including phenoxy) is 4. The van der Waals surface area contributed by atoms with Crippen LogP contribution in [-0.2, 0) is 14.4 Å². The second kappa shape index (κ2) is 9.34. The molecule has 0 spiro atoms. The van der Waals surface area contributed by atoms with Gasteiger partial charge in [0, 0.05) is 31.9 Å². The van der Waals surface area contributed by atoms with Crippen LogP contribution in [0.4, 0.5) is 0 Å². The average Bonchev–Trinajstić information content (AvgIpc) is 2.82. The predicted octanol–water partition coefficient (Wildman–Crippen LogP) is 4.35. The highest BCUT2D eigenvalue weighted by molar-refractivity contribution is 6.33. The summed E-state index contributed by atoms with van der Waals surface area (Å²) >= 11 is 0. The molecule has 0 bridgehead atoms. The fraction of sp³-hybridized carbons (Fsp3) is 0.179. The topological polar surface area (TPSA) is 122 Å². The van der Waals surface area contributed by atoms with Crippen molar-refractivity contribution in [1.29, 1.82) is 0 Å². The highest BCUT2D eigenvalue weighted by Crippen LogP contribution is 2.48. The molecular weight excluding hydrogens is 480 g/mol. The van der Waals surface area contributed by atoms with Gasteiger partial charge < -0.3 is 18.9 Å². The highest BCUT2D eigenvalue weighted by atomic mass is 16.5. The lowest BCUT2D eigenvalue weighted by Crippen LogP contribution is -2.26. The van der Waals surface area contributed by atoms with Gasteiger partial charge in [0.05, 0.1) is 29.2 Å². The molecule has 0 atom stereocenters. The van der Waals surface area contributed by atoms with Crippen LogP contribution in [0.1, 0.15) is 63.7 Å². The summed E-state index contributed by atoms with van der Waals surface area (Å²) in [5.74, 6) is -3.78. The Bertz CT molecular complexity index is 1580. The molecule has 9 heteroatoms. The molecule has 0 unspecified atom stereocenters. The van der Waals surface area contributed by atoms with Crippen LogP contribution in [0, 0.1) is 6.92 Å². The van der Waals surface area contributed by atoms with E-state index >= 15 is 0 Å². The molecule has 0 saturated carbocycles. The van der Waals surface area contributed by atoms with Crippen molar-refractivity contribution in [3.8, 4) is 23.0 Å². The van der Waals surface area contributed by atoms with Crippen molar-refractivity contribution < 1.29 is 42.9 Å². The van der Waals surface area contributed by atoms with Gasteiger partial charge in [-0.1, -0.05) is 24.8 Å². The van der Waals surface area contributed by atoms with Crippen LogP contribution in [0.5, 0.6) is 23.0 Å². The molecule has 0 aromatic heterocycles. The normalized spacial score (nSPS) is 11.9. The Morgan fingerprint density at radius 1 is 0.811 bits per heavy atom. The molecule has 1 aliphatic carbocycles. The molecule has 9 nitrogen and oxygen atoms in total. The third-order valence-electron chi connectivity index (χ3n) is 5.89. The van der Waals surface area contributed by atoms with E-state index in [0.717, 1.165) is 13.8 Å². The maximum Gasteiger partial charge on any atom is 0.308 e. The fourth-order valence-electron chi connectivity index (χ4n) is 4.55. The maximum atomic E-state index is 14.1. The van der Waals surface area contributed by atoms with Gasteiger partial charge in [-0.25, -0.2) is 0 Å². The number of benzene rings is 3. The zero-order valence-corrected chi connectivity index (χ0v) is 20.8. The van der Waals surface area contributed by atoms with Gasteiger partial charge in [-0.3, -0.25) is 24.0 Å². The van der Waals surface area contributed by atoms with Gasteiger partial charge in [0.25, 0.3) is 0 Å². The summed E-state index contributed by atoms with van der Waals surface area (Å²) in [6.45, 7) is 8.78. The maximum absolute atomic E-state index is 14.1. The van der Waals surface area contributed by atoms with Gasteiger partial charge in [-0.15, -0.1) is 0 Å². The lowest BCUT2D eigenvalue weighted by atomic mass is 9.78. The summed E-state index contributed by atoms with van der Waals surface area (Å²) in [7, 11) is 1.43. The van der Waals surface area contributed by atoms with Crippen molar-refractivity contribution in [3.05, 3.63) is 64.2 Å². The minimum Gasteiger partial charge on any atom is -0.496 e. The monoisotopic (exact) mass is 502 g/mol. The minimum atomic E-state index is -0.784. The zero-order chi connectivity index (χ0) is 27.2. The lowest BCUT2D eigenvalue weighted by molar-refractivity contribution is -0.133. The summed E-state index contributed by atoms with van der Waals surface area (Å²) in [6, 6.07) is 6.29. The number of carbonyl (C=O) groups excluding carboxylic acids is 5. The molecule has 4 rings (SSSR count). The molecule has 0 N–H and O–H groups in total. The molecule has 37 heavy (non-hydrogen) atoms. The van der Waals surface area contributed by atoms with Crippen LogP contribution in [0.25, 0.3) is 16.8 Å². The van der Waals surface area contributed by atoms with E-state index in [9.17, 15) is 24.0 Å². The fourth-order valence-corrected chi connectivity index (χ4v) is 4.55. The summed E-state index contributed by atoms with van der Waals surface area (Å²) in [6.07, 6.45) is 1.24. The van der Waals surface area contributed by atoms with Crippen molar-refractivity contribution in [1.82, 2.24) is 0 Å². The number of aryl methyl sites for hydroxylation is 1. The molecule has 0 heterocycles. The van der Waals surface area contributed by atoms with Gasteiger partial charge in [-0.05, 0) is 30.0 Å². The number of ketones is 2. The Balaban J connectivity index is 2.20. The quantitative estimate of drug-likeness (QED) is 0.289. The second-order valence-electron chi connectivity index (χ2n) is 8.27. The van der Waals surface area contributed by atoms with Crippen molar-refractivity contribution in [3.63, 3.8) is 0 Å². The Morgan fingerprint density at radius 2 is 1.43 bits per heavy atom. The first-order valence-electron chi connectivity index (χ1n) is 11.1. The smallest absolute Gasteiger partial charge is 0.308 e. The molecule has 0 fully saturated rings. The van der Waals surface area contributed by atoms with E-state index in [4.69, 9.17) is 18.9 Å². The number of carbonyl (C=O) groups is 5. The molecule has 3 aromatic carbocycles. The number of rotatable bonds is 5. The molecule has 188 valence electrons. The van der Waals surface area contributed by atoms with E-state index in [1.807, 2.05) is 0 Å². The Kier molecular flexibility index (Phi) is 6.39. The number of fused-ring (bicyclic) bond motifs is 3. The minimum absolute atomic E-state index is 0.00315. The molecule has 0 amide bonds. The van der Waals surface area contributed by atoms with Crippen LogP contribution < -0.4 is 18.9 Å². The van der Waals surface area contributed by atoms with Gasteiger partial charge in [0.1, 0.15) is 11.5 Å². The van der Waals surface area contributed by atoms with E-state index in [1.54, 1.807) is 25.1 Å². The average molecular weight is 502 g/mol. The highest BCUT2D eigenvalue weighted by Gasteiger charge is 2.40. The van der Waals surface area contributed by atoms with Gasteiger partial charge in [0.15, 0.2) is 17.3 Å². The number of hydrogen-bond acceptors (Lipinski definition) is 9. The Hall–Kier alpha value is -4.79. The molecule has 3 aromatic rings. The van der Waals surface area contributed by atoms with E-state index < -0.39 is 29.5 Å². The van der Waals surface area contributed by atoms with Gasteiger partial charge >= 0.3 is 17.9 Å². The standard InChI is InChI=1S/C28H22O9/c1-7-16-20(35-13(3)29)11-18-23(27(16)36-14(4)30)26(33)24-21(25(18)32)12(2)17-9-8-10-19(34-6)22(17)28(24)37-15(5)31/h7-11H,1H2,2-6H3. The molecule has 1 aliphatic rings. The van der Waals surface area contributed by atoms with Crippen LogP contribution in [0.15, 0.2) is 30.8 Å². The largest absolute Gasteiger partial charge is 0.496 e. The first-order chi connectivity index (χ1) is 17.5. The van der Waals surface area contributed by atoms with Crippen LogP contribution in [-0.4, -0.2) is 36.6 Å². The van der Waals surface area contributed by atoms with Crippen molar-refractivity contribution in [2.75, 3.05) is 7.11 Å². The SMILES string of the molecule is C=Cc1c(OC(C)=O)cc2c(c1OC(C)=O)C(=O)c1c(c(C)c3cccc(OC)c3c1OC(C)=O)C2=O. The number of methoxy groups -OCH3 is 1. The molecular formula is C28H22O9. The van der Waals surface area contributed by atoms with Crippen molar-refractivity contribution in [2.45, 2.75) is 27.7 Å². The first kappa shape index (κ1) is 25.3. The summed E-state index contributed by atoms with van der Waals surface area (Å²) in [5, 5.41) is 0.859. The third kappa shape index (κ3) is 4.04. The number of hydrogen-bond donors (Lipinski definition) is 0. The summed E-state index contributed by atoms with van der Waals surface area (Å²) < 4.78 is 21.6. The predicted molar refractivity (Wildman–Crippen MR) is 133 cm³/mol. The lowest BCUT2D eigenvalue weighted by Gasteiger charge is -2.26. The third-order valence-corrected chi connectivity index (χ3v) is 5.89. The number of esters is 3. The van der Waals surface area contributed by atoms with Crippen LogP contribution >= 0.6 is 0 Å². The van der Waals surface area contributed by atoms with Crippen LogP contribution in [0.2, 0.25) is 0 Å². The summed E-state index contributed by atoms with van der Waals surface area (Å²) in [4.78, 5) is 64.0. The molecule has 0 aliphatic heterocycles. The van der Waals surface area contributed by atoms with E-state index in [2.05, 4.69) is 6.58 Å². The van der Waals surface area contributed by atoms with Gasteiger partial charge in [0.2, 0.25) is 5.78 Å². The zero-order valence-electron chi connectivity index (χ0n) is 20.8. The first-order valence-corrected chi connectivity index (χ1v) is 11.1. The summed E-state index contributed by atoms with van der Waals surface area (Å²) in [5.41, 5.74) is -0.0953. The molecule has 0 radical (unpaired) electrons. The second-order valence-corrected chi connectivity index (χ2v) is 8.27. The Labute approximate surface area is 211 Å². The Morgan fingerprint density at radius 3 is 2.00 bits per heavy atom. The van der Waals surface area contributed by atoms with Gasteiger partial charge in [-0.2, -0.15) is 0 Å². The van der Waals surface area contributed by atoms with Crippen molar-refractivity contribution in [2.24, 2.45) is 0 Å². The molecule has 0 saturated heterocycles. The van der Waals surface area contributed by atoms with E-state index in [1.165, 1.54) is 26.2 Å². The van der Waals surface area contributed by atoms with E-state index in [-0.39, 0.29) is 45.1 Å². The van der Waals surface area contributed by atoms with E-state index in [0.29, 0.717) is 22.1 Å². The van der Waals surface area contributed by atoms with Crippen molar-refractivity contribution >= 4 is 46.3 Å². The van der Waals surface area contributed by atoms with Crippen LogP contribution in [0.3, 0.4) is 0 Å².